The first-order chi connectivity index (χ1) is 13.0. The number of carbonyl (C=O) groups excluding carboxylic acids is 3. The second-order valence-electron chi connectivity index (χ2n) is 5.34. The van der Waals surface area contributed by atoms with Gasteiger partial charge in [-0.3, -0.25) is 10.1 Å². The topological polar surface area (TPSA) is 103 Å². The summed E-state index contributed by atoms with van der Waals surface area (Å²) in [6, 6.07) is 13.5. The zero-order valence-electron chi connectivity index (χ0n) is 15.0. The molecule has 0 aliphatic rings. The molecule has 142 valence electrons. The number of rotatable bonds is 7. The molecule has 0 saturated heterocycles. The molecule has 8 nitrogen and oxygen atoms in total. The average Bonchev–Trinajstić information content (AvgIpc) is 2.70. The Morgan fingerprint density at radius 3 is 2.41 bits per heavy atom. The van der Waals surface area contributed by atoms with E-state index in [4.69, 9.17) is 14.2 Å². The van der Waals surface area contributed by atoms with E-state index in [1.165, 1.54) is 26.3 Å². The molecule has 3 amide bonds. The summed E-state index contributed by atoms with van der Waals surface area (Å²) in [6.07, 6.45) is 0. The van der Waals surface area contributed by atoms with Crippen LogP contribution in [-0.4, -0.2) is 38.7 Å². The molecule has 0 spiro atoms. The van der Waals surface area contributed by atoms with Gasteiger partial charge in [0.05, 0.1) is 12.7 Å². The highest BCUT2D eigenvalue weighted by atomic mass is 16.5. The molecule has 27 heavy (non-hydrogen) atoms. The van der Waals surface area contributed by atoms with E-state index in [1.54, 1.807) is 6.07 Å². The predicted molar refractivity (Wildman–Crippen MR) is 96.6 cm³/mol. The van der Waals surface area contributed by atoms with Crippen molar-refractivity contribution in [1.29, 1.82) is 0 Å². The van der Waals surface area contributed by atoms with E-state index in [1.807, 2.05) is 35.6 Å². The Bertz CT molecular complexity index is 807. The van der Waals surface area contributed by atoms with Gasteiger partial charge in [-0.25, -0.2) is 9.59 Å². The van der Waals surface area contributed by atoms with Crippen LogP contribution in [0.1, 0.15) is 15.9 Å². The van der Waals surface area contributed by atoms with Gasteiger partial charge < -0.3 is 19.5 Å². The van der Waals surface area contributed by atoms with Gasteiger partial charge in [0.2, 0.25) is 0 Å². The Morgan fingerprint density at radius 2 is 1.74 bits per heavy atom. The molecular formula is C19H20N2O6. The molecule has 0 aliphatic heterocycles. The number of benzene rings is 2. The molecule has 0 fully saturated rings. The highest BCUT2D eigenvalue weighted by molar-refractivity contribution is 5.97. The first-order valence-electron chi connectivity index (χ1n) is 8.07. The lowest BCUT2D eigenvalue weighted by molar-refractivity contribution is -0.123. The van der Waals surface area contributed by atoms with E-state index in [9.17, 15) is 14.4 Å². The van der Waals surface area contributed by atoms with Gasteiger partial charge in [-0.1, -0.05) is 30.3 Å². The molecule has 0 atom stereocenters. The molecular weight excluding hydrogens is 352 g/mol. The van der Waals surface area contributed by atoms with Crippen LogP contribution in [-0.2, 0) is 16.1 Å². The van der Waals surface area contributed by atoms with Gasteiger partial charge in [-0.15, -0.1) is 0 Å². The summed E-state index contributed by atoms with van der Waals surface area (Å²) in [5.74, 6) is -0.641. The van der Waals surface area contributed by atoms with Crippen LogP contribution in [0.3, 0.4) is 0 Å². The smallest absolute Gasteiger partial charge is 0.338 e. The van der Waals surface area contributed by atoms with Crippen LogP contribution >= 0.6 is 0 Å². The van der Waals surface area contributed by atoms with Gasteiger partial charge in [-0.05, 0) is 23.8 Å². The highest BCUT2D eigenvalue weighted by Gasteiger charge is 2.15. The largest absolute Gasteiger partial charge is 0.493 e. The number of ether oxygens (including phenoxy) is 3. The van der Waals surface area contributed by atoms with Gasteiger partial charge in [0, 0.05) is 7.05 Å². The van der Waals surface area contributed by atoms with E-state index >= 15 is 0 Å². The molecule has 0 bridgehead atoms. The van der Waals surface area contributed by atoms with Crippen LogP contribution in [0.4, 0.5) is 4.79 Å². The molecule has 2 aromatic rings. The third kappa shape index (κ3) is 6.03. The summed E-state index contributed by atoms with van der Waals surface area (Å²) >= 11 is 0. The van der Waals surface area contributed by atoms with Crippen molar-refractivity contribution in [1.82, 2.24) is 10.6 Å². The van der Waals surface area contributed by atoms with Crippen LogP contribution in [0.5, 0.6) is 11.5 Å². The fourth-order valence-corrected chi connectivity index (χ4v) is 2.09. The van der Waals surface area contributed by atoms with E-state index < -0.39 is 24.5 Å². The van der Waals surface area contributed by atoms with Crippen molar-refractivity contribution in [2.45, 2.75) is 6.61 Å². The number of hydrogen-bond donors (Lipinski definition) is 2. The number of methoxy groups -OCH3 is 1. The minimum Gasteiger partial charge on any atom is -0.493 e. The van der Waals surface area contributed by atoms with E-state index in [2.05, 4.69) is 5.32 Å². The molecule has 0 unspecified atom stereocenters. The lowest BCUT2D eigenvalue weighted by atomic mass is 10.2. The van der Waals surface area contributed by atoms with Crippen LogP contribution in [0.2, 0.25) is 0 Å². The van der Waals surface area contributed by atoms with Gasteiger partial charge in [-0.2, -0.15) is 0 Å². The average molecular weight is 372 g/mol. The van der Waals surface area contributed by atoms with Crippen molar-refractivity contribution >= 4 is 17.9 Å². The van der Waals surface area contributed by atoms with Crippen molar-refractivity contribution in [3.63, 3.8) is 0 Å². The maximum absolute atomic E-state index is 12.1. The zero-order chi connectivity index (χ0) is 19.6. The summed E-state index contributed by atoms with van der Waals surface area (Å²) in [5, 5.41) is 4.21. The number of hydrogen-bond acceptors (Lipinski definition) is 6. The summed E-state index contributed by atoms with van der Waals surface area (Å²) in [7, 11) is 2.82. The SMILES string of the molecule is CNC(=O)NC(=O)COC(=O)c1ccc(OCc2ccccc2)c(OC)c1. The van der Waals surface area contributed by atoms with Crippen molar-refractivity contribution < 1.29 is 28.6 Å². The second-order valence-corrected chi connectivity index (χ2v) is 5.34. The quantitative estimate of drug-likeness (QED) is 0.720. The fourth-order valence-electron chi connectivity index (χ4n) is 2.09. The molecule has 2 aromatic carbocycles. The Morgan fingerprint density at radius 1 is 1.00 bits per heavy atom. The Labute approximate surface area is 156 Å². The zero-order valence-corrected chi connectivity index (χ0v) is 15.0. The Balaban J connectivity index is 1.96. The van der Waals surface area contributed by atoms with Crippen LogP contribution in [0.15, 0.2) is 48.5 Å². The minimum absolute atomic E-state index is 0.187. The van der Waals surface area contributed by atoms with Crippen molar-refractivity contribution in [2.24, 2.45) is 0 Å². The van der Waals surface area contributed by atoms with E-state index in [-0.39, 0.29) is 5.56 Å². The Kier molecular flexibility index (Phi) is 7.18. The van der Waals surface area contributed by atoms with Crippen LogP contribution in [0.25, 0.3) is 0 Å². The van der Waals surface area contributed by atoms with Gasteiger partial charge in [0.15, 0.2) is 18.1 Å². The second kappa shape index (κ2) is 9.81. The highest BCUT2D eigenvalue weighted by Crippen LogP contribution is 2.29. The third-order valence-corrected chi connectivity index (χ3v) is 3.45. The van der Waals surface area contributed by atoms with Crippen LogP contribution < -0.4 is 20.1 Å². The fraction of sp³-hybridized carbons (Fsp3) is 0.211. The first-order valence-corrected chi connectivity index (χ1v) is 8.07. The number of amides is 3. The number of esters is 1. The maximum atomic E-state index is 12.1. The van der Waals surface area contributed by atoms with Crippen molar-refractivity contribution in [2.75, 3.05) is 20.8 Å². The van der Waals surface area contributed by atoms with E-state index in [0.717, 1.165) is 5.56 Å². The molecule has 0 saturated carbocycles. The summed E-state index contributed by atoms with van der Waals surface area (Å²) < 4.78 is 15.8. The van der Waals surface area contributed by atoms with Crippen molar-refractivity contribution in [3.05, 3.63) is 59.7 Å². The Hall–Kier alpha value is -3.55. The van der Waals surface area contributed by atoms with Crippen LogP contribution in [0, 0.1) is 0 Å². The predicted octanol–water partition coefficient (Wildman–Crippen LogP) is 1.89. The number of imide groups is 1. The standard InChI is InChI=1S/C19H20N2O6/c1-20-19(24)21-17(22)12-27-18(23)14-8-9-15(16(10-14)25-2)26-11-13-6-4-3-5-7-13/h3-10H,11-12H2,1-2H3,(H2,20,21,22,24). The summed E-state index contributed by atoms with van der Waals surface area (Å²) in [4.78, 5) is 34.5. The number of urea groups is 1. The van der Waals surface area contributed by atoms with Gasteiger partial charge >= 0.3 is 12.0 Å². The lowest BCUT2D eigenvalue weighted by Crippen LogP contribution is -2.39. The minimum atomic E-state index is -0.738. The van der Waals surface area contributed by atoms with E-state index in [0.29, 0.717) is 18.1 Å². The summed E-state index contributed by atoms with van der Waals surface area (Å²) in [5.41, 5.74) is 1.18. The first kappa shape index (κ1) is 19.8. The molecule has 0 heterocycles. The number of carbonyl (C=O) groups is 3. The number of nitrogens with one attached hydrogen (secondary N) is 2. The molecule has 2 N–H and O–H groups in total. The molecule has 0 aromatic heterocycles. The van der Waals surface area contributed by atoms with Crippen molar-refractivity contribution in [3.8, 4) is 11.5 Å². The lowest BCUT2D eigenvalue weighted by Gasteiger charge is -2.12. The normalized spacial score (nSPS) is 9.85. The monoisotopic (exact) mass is 372 g/mol. The molecule has 2 rings (SSSR count). The van der Waals surface area contributed by atoms with Gasteiger partial charge in [0.1, 0.15) is 6.61 Å². The molecule has 0 radical (unpaired) electrons. The molecule has 8 heteroatoms. The molecule has 0 aliphatic carbocycles. The van der Waals surface area contributed by atoms with Gasteiger partial charge in [0.25, 0.3) is 5.91 Å². The summed E-state index contributed by atoms with van der Waals surface area (Å²) in [6.45, 7) is -0.235. The maximum Gasteiger partial charge on any atom is 0.338 e. The third-order valence-electron chi connectivity index (χ3n) is 3.45.